The average molecular weight is 424 g/mol. The van der Waals surface area contributed by atoms with Gasteiger partial charge in [0.2, 0.25) is 0 Å². The number of rotatable bonds is 4. The Morgan fingerprint density at radius 3 is 2.54 bits per heavy atom. The molecule has 0 fully saturated rings. The van der Waals surface area contributed by atoms with Crippen LogP contribution in [0.15, 0.2) is 22.9 Å². The van der Waals surface area contributed by atoms with Crippen molar-refractivity contribution < 1.29 is 22.7 Å². The number of aromatic nitrogens is 2. The Labute approximate surface area is 149 Å². The Hall–Kier alpha value is -1.67. The molecule has 0 N–H and O–H groups in total. The van der Waals surface area contributed by atoms with Gasteiger partial charge in [-0.1, -0.05) is 11.6 Å². The fraction of sp³-hybridized carbons (Fsp3) is 0.267. The second-order valence-corrected chi connectivity index (χ2v) is 6.19. The summed E-state index contributed by atoms with van der Waals surface area (Å²) in [6.07, 6.45) is -2.39. The first-order valence-electron chi connectivity index (χ1n) is 6.71. The van der Waals surface area contributed by atoms with E-state index < -0.39 is 30.0 Å². The van der Waals surface area contributed by atoms with Gasteiger partial charge in [0.05, 0.1) is 26.9 Å². The van der Waals surface area contributed by atoms with Crippen LogP contribution in [0.4, 0.5) is 13.2 Å². The summed E-state index contributed by atoms with van der Waals surface area (Å²) in [5.74, 6) is -1.57. The van der Waals surface area contributed by atoms with Crippen LogP contribution in [0.1, 0.15) is 36.3 Å². The highest BCUT2D eigenvalue weighted by atomic mass is 79.9. The third-order valence-electron chi connectivity index (χ3n) is 2.90. The molecule has 4 nitrogen and oxygen atoms in total. The number of benzene rings is 1. The lowest BCUT2D eigenvalue weighted by Gasteiger charge is -2.12. The highest BCUT2D eigenvalue weighted by molar-refractivity contribution is 9.10. The lowest BCUT2D eigenvalue weighted by atomic mass is 10.1. The van der Waals surface area contributed by atoms with Crippen LogP contribution in [0.5, 0.6) is 0 Å². The molecule has 0 aliphatic carbocycles. The minimum Gasteiger partial charge on any atom is -0.459 e. The van der Waals surface area contributed by atoms with Crippen molar-refractivity contribution in [2.24, 2.45) is 0 Å². The van der Waals surface area contributed by atoms with Crippen LogP contribution in [0, 0.1) is 5.82 Å². The van der Waals surface area contributed by atoms with Gasteiger partial charge in [0.15, 0.2) is 0 Å². The Bertz CT molecular complexity index is 788. The fourth-order valence-corrected chi connectivity index (χ4v) is 2.71. The maximum atomic E-state index is 14.2. The van der Waals surface area contributed by atoms with Crippen LogP contribution in [0.2, 0.25) is 5.02 Å². The van der Waals surface area contributed by atoms with Gasteiger partial charge < -0.3 is 4.74 Å². The molecule has 0 saturated carbocycles. The van der Waals surface area contributed by atoms with Crippen LogP contribution in [0.25, 0.3) is 11.3 Å². The molecule has 1 aromatic heterocycles. The standard InChI is InChI=1S/C15H11BrClF3N2O2/c1-6(2)24-15(23)7-3-8(10(18)4-9(7)17)12-11(16)13(14(19)20)22-5-21-12/h3-6,14H,1-2H3. The van der Waals surface area contributed by atoms with Crippen molar-refractivity contribution in [2.75, 3.05) is 0 Å². The fourth-order valence-electron chi connectivity index (χ4n) is 1.89. The zero-order chi connectivity index (χ0) is 18.0. The van der Waals surface area contributed by atoms with E-state index in [1.807, 2.05) is 0 Å². The Balaban J connectivity index is 2.60. The summed E-state index contributed by atoms with van der Waals surface area (Å²) < 4.78 is 45.0. The van der Waals surface area contributed by atoms with E-state index in [0.717, 1.165) is 18.5 Å². The monoisotopic (exact) mass is 422 g/mol. The third-order valence-corrected chi connectivity index (χ3v) is 3.99. The predicted molar refractivity (Wildman–Crippen MR) is 85.6 cm³/mol. The minimum absolute atomic E-state index is 0.0918. The quantitative estimate of drug-likeness (QED) is 0.634. The molecule has 2 rings (SSSR count). The number of esters is 1. The molecule has 0 bridgehead atoms. The van der Waals surface area contributed by atoms with Gasteiger partial charge in [0.1, 0.15) is 17.8 Å². The molecule has 9 heteroatoms. The third kappa shape index (κ3) is 3.87. The molecule has 0 aliphatic rings. The van der Waals surface area contributed by atoms with E-state index >= 15 is 0 Å². The van der Waals surface area contributed by atoms with Gasteiger partial charge in [-0.15, -0.1) is 0 Å². The molecule has 0 saturated heterocycles. The molecule has 0 unspecified atom stereocenters. The normalized spacial score (nSPS) is 11.2. The maximum absolute atomic E-state index is 14.2. The first-order chi connectivity index (χ1) is 11.2. The van der Waals surface area contributed by atoms with Crippen molar-refractivity contribution in [1.82, 2.24) is 9.97 Å². The average Bonchev–Trinajstić information content (AvgIpc) is 2.47. The van der Waals surface area contributed by atoms with E-state index in [9.17, 15) is 18.0 Å². The van der Waals surface area contributed by atoms with Gasteiger partial charge in [-0.25, -0.2) is 27.9 Å². The summed E-state index contributed by atoms with van der Waals surface area (Å²) in [5.41, 5.74) is -0.967. The van der Waals surface area contributed by atoms with E-state index in [-0.39, 0.29) is 26.3 Å². The van der Waals surface area contributed by atoms with Gasteiger partial charge in [0, 0.05) is 5.56 Å². The summed E-state index contributed by atoms with van der Waals surface area (Å²) >= 11 is 8.84. The molecule has 1 heterocycles. The van der Waals surface area contributed by atoms with Crippen molar-refractivity contribution in [1.29, 1.82) is 0 Å². The van der Waals surface area contributed by atoms with Crippen molar-refractivity contribution in [2.45, 2.75) is 26.4 Å². The SMILES string of the molecule is CC(C)OC(=O)c1cc(-c2ncnc(C(F)F)c2Br)c(F)cc1Cl. The van der Waals surface area contributed by atoms with Crippen LogP contribution in [-0.2, 0) is 4.74 Å². The molecule has 2 aromatic rings. The molecule has 1 aromatic carbocycles. The van der Waals surface area contributed by atoms with Crippen molar-refractivity contribution in [3.63, 3.8) is 0 Å². The lowest BCUT2D eigenvalue weighted by Crippen LogP contribution is -2.12. The molecule has 0 radical (unpaired) electrons. The Morgan fingerprint density at radius 1 is 1.29 bits per heavy atom. The molecule has 128 valence electrons. The lowest BCUT2D eigenvalue weighted by molar-refractivity contribution is 0.0378. The first-order valence-corrected chi connectivity index (χ1v) is 7.88. The summed E-state index contributed by atoms with van der Waals surface area (Å²) in [6, 6.07) is 2.02. The van der Waals surface area contributed by atoms with Gasteiger partial charge in [0.25, 0.3) is 6.43 Å². The Kier molecular flexibility index (Phi) is 5.82. The number of alkyl halides is 2. The van der Waals surface area contributed by atoms with E-state index in [1.54, 1.807) is 13.8 Å². The molecule has 0 amide bonds. The molecule has 24 heavy (non-hydrogen) atoms. The molecule has 0 aliphatic heterocycles. The van der Waals surface area contributed by atoms with Crippen LogP contribution >= 0.6 is 27.5 Å². The Morgan fingerprint density at radius 2 is 1.96 bits per heavy atom. The molecule has 0 spiro atoms. The minimum atomic E-state index is -2.87. The van der Waals surface area contributed by atoms with Gasteiger partial charge in [-0.05, 0) is 41.9 Å². The largest absolute Gasteiger partial charge is 0.459 e. The van der Waals surface area contributed by atoms with Crippen LogP contribution in [-0.4, -0.2) is 22.0 Å². The van der Waals surface area contributed by atoms with E-state index in [2.05, 4.69) is 25.9 Å². The van der Waals surface area contributed by atoms with Crippen molar-refractivity contribution in [3.05, 3.63) is 45.0 Å². The predicted octanol–water partition coefficient (Wildman–Crippen LogP) is 5.20. The van der Waals surface area contributed by atoms with Crippen LogP contribution in [0.3, 0.4) is 0 Å². The molecular formula is C15H11BrClF3N2O2. The summed E-state index contributed by atoms with van der Waals surface area (Å²) in [4.78, 5) is 19.3. The summed E-state index contributed by atoms with van der Waals surface area (Å²) in [6.45, 7) is 3.29. The number of halogens is 5. The number of carbonyl (C=O) groups is 1. The molecule has 0 atom stereocenters. The number of hydrogen-bond acceptors (Lipinski definition) is 4. The number of nitrogens with zero attached hydrogens (tertiary/aromatic N) is 2. The van der Waals surface area contributed by atoms with Crippen LogP contribution < -0.4 is 0 Å². The van der Waals surface area contributed by atoms with Gasteiger partial charge in [-0.3, -0.25) is 0 Å². The zero-order valence-electron chi connectivity index (χ0n) is 12.5. The van der Waals surface area contributed by atoms with E-state index in [1.165, 1.54) is 0 Å². The molecular weight excluding hydrogens is 413 g/mol. The number of carbonyl (C=O) groups excluding carboxylic acids is 1. The number of hydrogen-bond donors (Lipinski definition) is 0. The second kappa shape index (κ2) is 7.48. The maximum Gasteiger partial charge on any atom is 0.339 e. The van der Waals surface area contributed by atoms with Crippen molar-refractivity contribution in [3.8, 4) is 11.3 Å². The summed E-state index contributed by atoms with van der Waals surface area (Å²) in [5, 5.41) is -0.152. The smallest absolute Gasteiger partial charge is 0.339 e. The highest BCUT2D eigenvalue weighted by Crippen LogP contribution is 2.35. The topological polar surface area (TPSA) is 52.1 Å². The second-order valence-electron chi connectivity index (χ2n) is 4.99. The van der Waals surface area contributed by atoms with E-state index in [0.29, 0.717) is 0 Å². The first kappa shape index (κ1) is 18.7. The zero-order valence-corrected chi connectivity index (χ0v) is 14.8. The van der Waals surface area contributed by atoms with Gasteiger partial charge >= 0.3 is 5.97 Å². The van der Waals surface area contributed by atoms with Gasteiger partial charge in [-0.2, -0.15) is 0 Å². The van der Waals surface area contributed by atoms with E-state index in [4.69, 9.17) is 16.3 Å². The number of ether oxygens (including phenoxy) is 1. The van der Waals surface area contributed by atoms with Crippen molar-refractivity contribution >= 4 is 33.5 Å². The summed E-state index contributed by atoms with van der Waals surface area (Å²) in [7, 11) is 0. The highest BCUT2D eigenvalue weighted by Gasteiger charge is 2.23.